The molecule has 2 rings (SSSR count). The average Bonchev–Trinajstić information content (AvgIpc) is 2.26. The quantitative estimate of drug-likeness (QED) is 0.688. The predicted molar refractivity (Wildman–Crippen MR) is 77.6 cm³/mol. The van der Waals surface area contributed by atoms with Crippen LogP contribution < -0.4 is 5.32 Å². The second kappa shape index (κ2) is 6.97. The van der Waals surface area contributed by atoms with Gasteiger partial charge in [0.25, 0.3) is 5.69 Å². The molecule has 1 aromatic carbocycles. The average molecular weight is 304 g/mol. The van der Waals surface area contributed by atoms with E-state index in [4.69, 9.17) is 0 Å². The molecular weight excluding hydrogens is 285 g/mol. The van der Waals surface area contributed by atoms with Gasteiger partial charge in [0.1, 0.15) is 5.82 Å². The molecule has 112 valence electrons. The van der Waals surface area contributed by atoms with E-state index in [1.165, 1.54) is 12.1 Å². The smallest absolute Gasteiger partial charge is 0.274 e. The van der Waals surface area contributed by atoms with E-state index in [1.807, 2.05) is 0 Å². The first kappa shape index (κ1) is 16.8. The lowest BCUT2D eigenvalue weighted by molar-refractivity contribution is -0.385. The molecule has 0 aromatic heterocycles. The molecule has 1 aliphatic rings. The third-order valence-electron chi connectivity index (χ3n) is 3.27. The summed E-state index contributed by atoms with van der Waals surface area (Å²) in [5, 5.41) is 14.3. The Morgan fingerprint density at radius 1 is 1.40 bits per heavy atom. The topological polar surface area (TPSA) is 58.4 Å². The molecule has 0 spiro atoms. The molecule has 2 atom stereocenters. The van der Waals surface area contributed by atoms with Crippen LogP contribution in [0.25, 0.3) is 0 Å². The number of benzene rings is 1. The maximum Gasteiger partial charge on any atom is 0.274 e. The van der Waals surface area contributed by atoms with Crippen LogP contribution in [0.3, 0.4) is 0 Å². The van der Waals surface area contributed by atoms with E-state index >= 15 is 0 Å². The Hall–Kier alpha value is -1.24. The highest BCUT2D eigenvalue weighted by molar-refractivity contribution is 5.85. The zero-order chi connectivity index (χ0) is 14.0. The van der Waals surface area contributed by atoms with Crippen LogP contribution >= 0.6 is 12.4 Å². The zero-order valence-electron chi connectivity index (χ0n) is 11.5. The van der Waals surface area contributed by atoms with Crippen molar-refractivity contribution in [2.75, 3.05) is 13.1 Å². The SMILES string of the molecule is CC1CN(Cc2cc(F)ccc2[N+](=O)[O-])CC(C)N1.Cl. The molecule has 1 heterocycles. The highest BCUT2D eigenvalue weighted by Gasteiger charge is 2.23. The maximum atomic E-state index is 13.3. The highest BCUT2D eigenvalue weighted by Crippen LogP contribution is 2.22. The molecule has 0 bridgehead atoms. The number of hydrogen-bond acceptors (Lipinski definition) is 4. The summed E-state index contributed by atoms with van der Waals surface area (Å²) in [5.74, 6) is -0.433. The van der Waals surface area contributed by atoms with Gasteiger partial charge in [-0.2, -0.15) is 0 Å². The number of nitrogens with one attached hydrogen (secondary N) is 1. The van der Waals surface area contributed by atoms with E-state index in [1.54, 1.807) is 0 Å². The van der Waals surface area contributed by atoms with Gasteiger partial charge in [-0.15, -0.1) is 12.4 Å². The molecule has 0 saturated carbocycles. The Kier molecular flexibility index (Phi) is 5.86. The number of nitro groups is 1. The van der Waals surface area contributed by atoms with Crippen LogP contribution in [0.15, 0.2) is 18.2 Å². The third kappa shape index (κ3) is 4.13. The minimum Gasteiger partial charge on any atom is -0.309 e. The van der Waals surface area contributed by atoms with Crippen molar-refractivity contribution in [2.24, 2.45) is 0 Å². The molecule has 7 heteroatoms. The van der Waals surface area contributed by atoms with Gasteiger partial charge in [-0.25, -0.2) is 4.39 Å². The Labute approximate surface area is 123 Å². The van der Waals surface area contributed by atoms with Crippen LogP contribution in [0.5, 0.6) is 0 Å². The van der Waals surface area contributed by atoms with E-state index in [0.29, 0.717) is 24.2 Å². The van der Waals surface area contributed by atoms with Crippen molar-refractivity contribution in [3.8, 4) is 0 Å². The summed E-state index contributed by atoms with van der Waals surface area (Å²) >= 11 is 0. The molecular formula is C13H19ClFN3O2. The van der Waals surface area contributed by atoms with Crippen LogP contribution in [0.2, 0.25) is 0 Å². The molecule has 0 aliphatic carbocycles. The lowest BCUT2D eigenvalue weighted by Gasteiger charge is -2.36. The van der Waals surface area contributed by atoms with Gasteiger partial charge < -0.3 is 5.32 Å². The summed E-state index contributed by atoms with van der Waals surface area (Å²) in [6, 6.07) is 4.28. The normalized spacial score (nSPS) is 23.1. The van der Waals surface area contributed by atoms with Crippen LogP contribution in [0.1, 0.15) is 19.4 Å². The van der Waals surface area contributed by atoms with Crippen LogP contribution in [0, 0.1) is 15.9 Å². The van der Waals surface area contributed by atoms with Crippen molar-refractivity contribution in [3.05, 3.63) is 39.7 Å². The molecule has 5 nitrogen and oxygen atoms in total. The fourth-order valence-electron chi connectivity index (χ4n) is 2.67. The number of nitro benzene ring substituents is 1. The molecule has 0 amide bonds. The second-order valence-electron chi connectivity index (χ2n) is 5.19. The predicted octanol–water partition coefficient (Wildman–Crippen LogP) is 2.34. The molecule has 20 heavy (non-hydrogen) atoms. The van der Waals surface area contributed by atoms with Gasteiger partial charge in [0.15, 0.2) is 0 Å². The van der Waals surface area contributed by atoms with Gasteiger partial charge in [0, 0.05) is 43.3 Å². The number of piperazine rings is 1. The van der Waals surface area contributed by atoms with Crippen molar-refractivity contribution in [1.29, 1.82) is 0 Å². The fraction of sp³-hybridized carbons (Fsp3) is 0.538. The van der Waals surface area contributed by atoms with Gasteiger partial charge in [-0.05, 0) is 26.0 Å². The standard InChI is InChI=1S/C13H18FN3O2.ClH/c1-9-6-16(7-10(2)15-9)8-11-5-12(14)3-4-13(11)17(18)19;/h3-5,9-10,15H,6-8H2,1-2H3;1H. The summed E-state index contributed by atoms with van der Waals surface area (Å²) < 4.78 is 13.3. The van der Waals surface area contributed by atoms with Crippen molar-refractivity contribution in [3.63, 3.8) is 0 Å². The summed E-state index contributed by atoms with van der Waals surface area (Å²) in [6.07, 6.45) is 0. The number of halogens is 2. The first-order valence-corrected chi connectivity index (χ1v) is 6.37. The molecule has 1 fully saturated rings. The first-order chi connectivity index (χ1) is 8.95. The number of nitrogens with zero attached hydrogens (tertiary/aromatic N) is 2. The van der Waals surface area contributed by atoms with Gasteiger partial charge >= 0.3 is 0 Å². The Morgan fingerprint density at radius 3 is 2.55 bits per heavy atom. The van der Waals surface area contributed by atoms with Crippen molar-refractivity contribution in [1.82, 2.24) is 10.2 Å². The molecule has 1 aliphatic heterocycles. The first-order valence-electron chi connectivity index (χ1n) is 6.37. The minimum atomic E-state index is -0.455. The lowest BCUT2D eigenvalue weighted by atomic mass is 10.1. The van der Waals surface area contributed by atoms with Gasteiger partial charge in [0.2, 0.25) is 0 Å². The minimum absolute atomic E-state index is 0. The van der Waals surface area contributed by atoms with E-state index in [0.717, 1.165) is 19.2 Å². The Bertz CT molecular complexity index is 477. The summed E-state index contributed by atoms with van der Waals surface area (Å²) in [6.45, 7) is 6.16. The molecule has 1 aromatic rings. The third-order valence-corrected chi connectivity index (χ3v) is 3.27. The van der Waals surface area contributed by atoms with E-state index in [9.17, 15) is 14.5 Å². The fourth-order valence-corrected chi connectivity index (χ4v) is 2.67. The number of hydrogen-bond donors (Lipinski definition) is 1. The summed E-state index contributed by atoms with van der Waals surface area (Å²) in [4.78, 5) is 12.6. The molecule has 0 radical (unpaired) electrons. The van der Waals surface area contributed by atoms with Gasteiger partial charge in [0.05, 0.1) is 4.92 Å². The maximum absolute atomic E-state index is 13.3. The molecule has 1 N–H and O–H groups in total. The summed E-state index contributed by atoms with van der Waals surface area (Å²) in [5.41, 5.74) is 0.423. The number of rotatable bonds is 3. The zero-order valence-corrected chi connectivity index (χ0v) is 12.3. The van der Waals surface area contributed by atoms with Gasteiger partial charge in [-0.1, -0.05) is 0 Å². The van der Waals surface area contributed by atoms with Crippen molar-refractivity contribution < 1.29 is 9.31 Å². The Balaban J connectivity index is 0.00000200. The second-order valence-corrected chi connectivity index (χ2v) is 5.19. The molecule has 1 saturated heterocycles. The van der Waals surface area contributed by atoms with E-state index in [-0.39, 0.29) is 18.1 Å². The molecule has 2 unspecified atom stereocenters. The largest absolute Gasteiger partial charge is 0.309 e. The van der Waals surface area contributed by atoms with Crippen molar-refractivity contribution in [2.45, 2.75) is 32.5 Å². The highest BCUT2D eigenvalue weighted by atomic mass is 35.5. The van der Waals surface area contributed by atoms with Crippen LogP contribution in [-0.2, 0) is 6.54 Å². The van der Waals surface area contributed by atoms with E-state index in [2.05, 4.69) is 24.1 Å². The van der Waals surface area contributed by atoms with Gasteiger partial charge in [-0.3, -0.25) is 15.0 Å². The van der Waals surface area contributed by atoms with Crippen LogP contribution in [0.4, 0.5) is 10.1 Å². The Morgan fingerprint density at radius 2 is 2.00 bits per heavy atom. The van der Waals surface area contributed by atoms with Crippen LogP contribution in [-0.4, -0.2) is 35.0 Å². The summed E-state index contributed by atoms with van der Waals surface area (Å²) in [7, 11) is 0. The van der Waals surface area contributed by atoms with Crippen molar-refractivity contribution >= 4 is 18.1 Å². The monoisotopic (exact) mass is 303 g/mol. The van der Waals surface area contributed by atoms with E-state index < -0.39 is 10.7 Å². The lowest BCUT2D eigenvalue weighted by Crippen LogP contribution is -2.53.